The Bertz CT molecular complexity index is 677. The van der Waals surface area contributed by atoms with Crippen LogP contribution in [0.15, 0.2) is 23.5 Å². The molecule has 0 N–H and O–H groups in total. The van der Waals surface area contributed by atoms with E-state index >= 15 is 0 Å². The summed E-state index contributed by atoms with van der Waals surface area (Å²) in [5.74, 6) is 0.698. The highest BCUT2D eigenvalue weighted by atomic mass is 16.6. The van der Waals surface area contributed by atoms with Gasteiger partial charge in [0.1, 0.15) is 11.5 Å². The van der Waals surface area contributed by atoms with Gasteiger partial charge in [0.15, 0.2) is 11.9 Å². The fraction of sp³-hybridized carbons (Fsp3) is 0.412. The first-order chi connectivity index (χ1) is 10.5. The van der Waals surface area contributed by atoms with Crippen molar-refractivity contribution in [3.63, 3.8) is 0 Å². The minimum Gasteiger partial charge on any atom is -0.452 e. The molecule has 2 heterocycles. The van der Waals surface area contributed by atoms with Crippen LogP contribution >= 0.6 is 0 Å². The number of ether oxygens (including phenoxy) is 3. The van der Waals surface area contributed by atoms with Gasteiger partial charge >= 0.3 is 5.97 Å². The topological polar surface area (TPSA) is 61.8 Å². The Morgan fingerprint density at radius 2 is 2.09 bits per heavy atom. The molecule has 0 aliphatic carbocycles. The SMILES string of the molecule is CC(C)=C1Oc2c(ccc(OC(=O)C3CCCO3)c2C)C1=O. The molecule has 0 saturated carbocycles. The quantitative estimate of drug-likeness (QED) is 0.477. The van der Waals surface area contributed by atoms with E-state index in [0.717, 1.165) is 12.0 Å². The first-order valence-corrected chi connectivity index (χ1v) is 7.36. The number of ketones is 1. The van der Waals surface area contributed by atoms with Gasteiger partial charge < -0.3 is 14.2 Å². The Morgan fingerprint density at radius 3 is 2.73 bits per heavy atom. The van der Waals surface area contributed by atoms with Gasteiger partial charge in [-0.05, 0) is 51.3 Å². The van der Waals surface area contributed by atoms with Gasteiger partial charge in [0, 0.05) is 12.2 Å². The Morgan fingerprint density at radius 1 is 1.32 bits per heavy atom. The summed E-state index contributed by atoms with van der Waals surface area (Å²) in [7, 11) is 0. The summed E-state index contributed by atoms with van der Waals surface area (Å²) in [6.07, 6.45) is 1.05. The van der Waals surface area contributed by atoms with Gasteiger partial charge in [0.05, 0.1) is 5.56 Å². The van der Waals surface area contributed by atoms with Crippen LogP contribution in [0.5, 0.6) is 11.5 Å². The minimum absolute atomic E-state index is 0.130. The second kappa shape index (κ2) is 5.57. The smallest absolute Gasteiger partial charge is 0.340 e. The largest absolute Gasteiger partial charge is 0.452 e. The molecule has 1 unspecified atom stereocenters. The molecule has 0 bridgehead atoms. The van der Waals surface area contributed by atoms with Crippen LogP contribution in [0, 0.1) is 6.92 Å². The van der Waals surface area contributed by atoms with Crippen LogP contribution in [-0.2, 0) is 9.53 Å². The second-order valence-electron chi connectivity index (χ2n) is 5.75. The predicted molar refractivity (Wildman–Crippen MR) is 79.1 cm³/mol. The van der Waals surface area contributed by atoms with Gasteiger partial charge in [0.2, 0.25) is 5.78 Å². The van der Waals surface area contributed by atoms with E-state index < -0.39 is 12.1 Å². The lowest BCUT2D eigenvalue weighted by molar-refractivity contribution is -0.144. The van der Waals surface area contributed by atoms with Gasteiger partial charge in [-0.3, -0.25) is 4.79 Å². The maximum absolute atomic E-state index is 12.2. The van der Waals surface area contributed by atoms with Crippen LogP contribution in [-0.4, -0.2) is 24.5 Å². The number of hydrogen-bond donors (Lipinski definition) is 0. The summed E-state index contributed by atoms with van der Waals surface area (Å²) in [5.41, 5.74) is 1.97. The lowest BCUT2D eigenvalue weighted by atomic mass is 10.1. The zero-order chi connectivity index (χ0) is 15.9. The van der Waals surface area contributed by atoms with E-state index in [2.05, 4.69) is 0 Å². The van der Waals surface area contributed by atoms with Crippen LogP contribution in [0.1, 0.15) is 42.6 Å². The molecule has 5 heteroatoms. The highest BCUT2D eigenvalue weighted by Gasteiger charge is 2.32. The summed E-state index contributed by atoms with van der Waals surface area (Å²) in [5, 5.41) is 0. The van der Waals surface area contributed by atoms with Crippen molar-refractivity contribution < 1.29 is 23.8 Å². The molecule has 0 spiro atoms. The monoisotopic (exact) mass is 302 g/mol. The molecule has 1 atom stereocenters. The van der Waals surface area contributed by atoms with Crippen LogP contribution < -0.4 is 9.47 Å². The number of fused-ring (bicyclic) bond motifs is 1. The molecule has 1 aromatic carbocycles. The highest BCUT2D eigenvalue weighted by Crippen LogP contribution is 2.39. The van der Waals surface area contributed by atoms with Crippen molar-refractivity contribution in [3.05, 3.63) is 34.6 Å². The van der Waals surface area contributed by atoms with E-state index in [1.54, 1.807) is 19.1 Å². The summed E-state index contributed by atoms with van der Waals surface area (Å²) in [4.78, 5) is 24.3. The van der Waals surface area contributed by atoms with E-state index in [1.165, 1.54) is 0 Å². The van der Waals surface area contributed by atoms with E-state index in [9.17, 15) is 9.59 Å². The van der Waals surface area contributed by atoms with E-state index in [1.807, 2.05) is 13.8 Å². The molecule has 3 rings (SSSR count). The number of carbonyl (C=O) groups excluding carboxylic acids is 2. The van der Waals surface area contributed by atoms with Crippen molar-refractivity contribution in [2.75, 3.05) is 6.61 Å². The summed E-state index contributed by atoms with van der Waals surface area (Å²) in [6.45, 7) is 6.02. The molecule has 1 aromatic rings. The fourth-order valence-corrected chi connectivity index (χ4v) is 2.63. The number of rotatable bonds is 2. The third-order valence-electron chi connectivity index (χ3n) is 3.87. The van der Waals surface area contributed by atoms with Crippen LogP contribution in [0.4, 0.5) is 0 Å². The molecule has 0 radical (unpaired) electrons. The molecule has 2 aliphatic rings. The average molecular weight is 302 g/mol. The number of carbonyl (C=O) groups is 2. The van der Waals surface area contributed by atoms with Gasteiger partial charge in [-0.1, -0.05) is 0 Å². The molecule has 1 saturated heterocycles. The second-order valence-corrected chi connectivity index (χ2v) is 5.75. The minimum atomic E-state index is -0.497. The number of hydrogen-bond acceptors (Lipinski definition) is 5. The molecule has 22 heavy (non-hydrogen) atoms. The predicted octanol–water partition coefficient (Wildman–Crippen LogP) is 2.95. The van der Waals surface area contributed by atoms with Gasteiger partial charge in [-0.2, -0.15) is 0 Å². The number of Topliss-reactive ketones (excluding diaryl/α,β-unsaturated/α-hetero) is 1. The third kappa shape index (κ3) is 2.41. The normalized spacial score (nSPS) is 19.9. The van der Waals surface area contributed by atoms with Gasteiger partial charge in [-0.15, -0.1) is 0 Å². The lowest BCUT2D eigenvalue weighted by Crippen LogP contribution is -2.25. The first-order valence-electron chi connectivity index (χ1n) is 7.36. The zero-order valence-corrected chi connectivity index (χ0v) is 12.9. The fourth-order valence-electron chi connectivity index (χ4n) is 2.63. The Labute approximate surface area is 128 Å². The van der Waals surface area contributed by atoms with Crippen molar-refractivity contribution >= 4 is 11.8 Å². The highest BCUT2D eigenvalue weighted by molar-refractivity contribution is 6.13. The average Bonchev–Trinajstić information content (AvgIpc) is 3.10. The summed E-state index contributed by atoms with van der Waals surface area (Å²) >= 11 is 0. The summed E-state index contributed by atoms with van der Waals surface area (Å²) < 4.78 is 16.4. The zero-order valence-electron chi connectivity index (χ0n) is 12.9. The molecule has 1 fully saturated rings. The van der Waals surface area contributed by atoms with Crippen molar-refractivity contribution in [2.45, 2.75) is 39.7 Å². The lowest BCUT2D eigenvalue weighted by Gasteiger charge is -2.12. The molecular weight excluding hydrogens is 284 g/mol. The number of benzene rings is 1. The number of esters is 1. The first kappa shape index (κ1) is 14.8. The Hall–Kier alpha value is -2.14. The number of allylic oxidation sites excluding steroid dienone is 2. The molecule has 0 amide bonds. The molecule has 0 aromatic heterocycles. The van der Waals surface area contributed by atoms with Crippen LogP contribution in [0.3, 0.4) is 0 Å². The maximum atomic E-state index is 12.2. The van der Waals surface area contributed by atoms with Crippen molar-refractivity contribution in [1.29, 1.82) is 0 Å². The van der Waals surface area contributed by atoms with Crippen LogP contribution in [0.25, 0.3) is 0 Å². The third-order valence-corrected chi connectivity index (χ3v) is 3.87. The van der Waals surface area contributed by atoms with Gasteiger partial charge in [0.25, 0.3) is 0 Å². The van der Waals surface area contributed by atoms with Crippen LogP contribution in [0.2, 0.25) is 0 Å². The van der Waals surface area contributed by atoms with E-state index in [-0.39, 0.29) is 5.78 Å². The standard InChI is InChI=1S/C17H18O5/c1-9(2)15-14(18)11-6-7-12(10(3)16(11)22-15)21-17(19)13-5-4-8-20-13/h6-7,13H,4-5,8H2,1-3H3. The van der Waals surface area contributed by atoms with E-state index in [0.29, 0.717) is 41.4 Å². The molecule has 5 nitrogen and oxygen atoms in total. The molecule has 2 aliphatic heterocycles. The maximum Gasteiger partial charge on any atom is 0.340 e. The van der Waals surface area contributed by atoms with Crippen molar-refractivity contribution in [2.24, 2.45) is 0 Å². The van der Waals surface area contributed by atoms with Gasteiger partial charge in [-0.25, -0.2) is 4.79 Å². The van der Waals surface area contributed by atoms with Crippen molar-refractivity contribution in [3.8, 4) is 11.5 Å². The van der Waals surface area contributed by atoms with Crippen molar-refractivity contribution in [1.82, 2.24) is 0 Å². The Kier molecular flexibility index (Phi) is 3.74. The molecule has 116 valence electrons. The van der Waals surface area contributed by atoms with E-state index in [4.69, 9.17) is 14.2 Å². The Balaban J connectivity index is 1.88. The molecular formula is C17H18O5. The summed E-state index contributed by atoms with van der Waals surface area (Å²) in [6, 6.07) is 3.27.